The fourth-order valence-corrected chi connectivity index (χ4v) is 5.59. The number of aromatic nitrogens is 1. The number of carbonyl (C=O) groups is 2. The molecule has 3 aromatic carbocycles. The number of nitrogens with one attached hydrogen (secondary N) is 1. The predicted octanol–water partition coefficient (Wildman–Crippen LogP) is 4.37. The van der Waals surface area contributed by atoms with Gasteiger partial charge in [-0.2, -0.15) is 0 Å². The van der Waals surface area contributed by atoms with E-state index in [1.807, 2.05) is 66.4 Å². The van der Waals surface area contributed by atoms with E-state index < -0.39 is 0 Å². The number of nitrogens with zero attached hydrogens (tertiary/aromatic N) is 3. The Labute approximate surface area is 204 Å². The zero-order valence-electron chi connectivity index (χ0n) is 19.8. The van der Waals surface area contributed by atoms with Gasteiger partial charge in [0.25, 0.3) is 5.91 Å². The predicted molar refractivity (Wildman–Crippen MR) is 138 cm³/mol. The standard InChI is InChI=1S/C29H28N4O2/c1-20-27(24-13-7-8-14-25(24)30-20)28-22-11-5-6-12-23(22)29(35)33(28)19-26(34)32-17-15-31(16-18-32)21-9-3-2-4-10-21/h2-14,28,30H,15-19H2,1H3. The SMILES string of the molecule is Cc1[nH]c2ccccc2c1C1c2ccccc2C(=O)N1CC(=O)N1CCN(c2ccccc2)CC1. The Bertz CT molecular complexity index is 1400. The summed E-state index contributed by atoms with van der Waals surface area (Å²) in [7, 11) is 0. The number of aryl methyl sites for hydroxylation is 1. The van der Waals surface area contributed by atoms with Crippen LogP contribution in [0.3, 0.4) is 0 Å². The van der Waals surface area contributed by atoms with Crippen molar-refractivity contribution in [2.75, 3.05) is 37.6 Å². The number of hydrogen-bond acceptors (Lipinski definition) is 3. The number of benzene rings is 3. The van der Waals surface area contributed by atoms with Crippen molar-refractivity contribution in [3.63, 3.8) is 0 Å². The highest BCUT2D eigenvalue weighted by atomic mass is 16.2. The van der Waals surface area contributed by atoms with Gasteiger partial charge in [0.1, 0.15) is 6.54 Å². The third kappa shape index (κ3) is 3.66. The molecule has 35 heavy (non-hydrogen) atoms. The van der Waals surface area contributed by atoms with Crippen LogP contribution < -0.4 is 4.90 Å². The molecule has 1 fully saturated rings. The maximum Gasteiger partial charge on any atom is 0.255 e. The van der Waals surface area contributed by atoms with E-state index in [0.717, 1.165) is 40.8 Å². The lowest BCUT2D eigenvalue weighted by molar-refractivity contribution is -0.132. The Morgan fingerprint density at radius 2 is 1.57 bits per heavy atom. The van der Waals surface area contributed by atoms with Crippen LogP contribution in [0.1, 0.15) is 33.2 Å². The molecule has 1 atom stereocenters. The maximum absolute atomic E-state index is 13.5. The minimum absolute atomic E-state index is 0.00126. The molecule has 4 aromatic rings. The van der Waals surface area contributed by atoms with E-state index in [4.69, 9.17) is 0 Å². The molecule has 0 aliphatic carbocycles. The van der Waals surface area contributed by atoms with E-state index in [1.54, 1.807) is 4.90 Å². The van der Waals surface area contributed by atoms with E-state index in [2.05, 4.69) is 34.1 Å². The molecule has 0 radical (unpaired) electrons. The van der Waals surface area contributed by atoms with Crippen LogP contribution in [0.4, 0.5) is 5.69 Å². The normalized spacial score (nSPS) is 17.8. The number of fused-ring (bicyclic) bond motifs is 2. The molecule has 2 aliphatic rings. The molecule has 0 spiro atoms. The van der Waals surface area contributed by atoms with Gasteiger partial charge in [0.15, 0.2) is 0 Å². The molecule has 6 nitrogen and oxygen atoms in total. The maximum atomic E-state index is 13.5. The van der Waals surface area contributed by atoms with Gasteiger partial charge < -0.3 is 19.7 Å². The van der Waals surface area contributed by atoms with Crippen molar-refractivity contribution >= 4 is 28.4 Å². The van der Waals surface area contributed by atoms with E-state index in [1.165, 1.54) is 5.69 Å². The first-order valence-electron chi connectivity index (χ1n) is 12.2. The number of rotatable bonds is 4. The van der Waals surface area contributed by atoms with Crippen LogP contribution >= 0.6 is 0 Å². The summed E-state index contributed by atoms with van der Waals surface area (Å²) in [5.74, 6) is -0.0760. The van der Waals surface area contributed by atoms with E-state index in [-0.39, 0.29) is 24.4 Å². The highest BCUT2D eigenvalue weighted by Gasteiger charge is 2.41. The Hall–Kier alpha value is -4.06. The molecule has 2 amide bonds. The van der Waals surface area contributed by atoms with Crippen LogP contribution in [0.2, 0.25) is 0 Å². The van der Waals surface area contributed by atoms with Crippen molar-refractivity contribution in [3.05, 3.63) is 101 Å². The lowest BCUT2D eigenvalue weighted by atomic mass is 9.95. The summed E-state index contributed by atoms with van der Waals surface area (Å²) in [6.07, 6.45) is 0. The molecular weight excluding hydrogens is 436 g/mol. The number of H-pyrrole nitrogens is 1. The highest BCUT2D eigenvalue weighted by molar-refractivity contribution is 6.02. The fraction of sp³-hybridized carbons (Fsp3) is 0.241. The van der Waals surface area contributed by atoms with Crippen molar-refractivity contribution in [2.24, 2.45) is 0 Å². The van der Waals surface area contributed by atoms with Gasteiger partial charge in [0, 0.05) is 59.6 Å². The topological polar surface area (TPSA) is 59.7 Å². The molecule has 2 aliphatic heterocycles. The Balaban J connectivity index is 1.27. The Morgan fingerprint density at radius 1 is 0.886 bits per heavy atom. The number of piperazine rings is 1. The summed E-state index contributed by atoms with van der Waals surface area (Å²) in [5, 5.41) is 1.09. The molecule has 1 saturated heterocycles. The number of amides is 2. The molecule has 6 rings (SSSR count). The second kappa shape index (κ2) is 8.62. The molecule has 6 heteroatoms. The van der Waals surface area contributed by atoms with Crippen LogP contribution in [0.15, 0.2) is 78.9 Å². The molecule has 1 unspecified atom stereocenters. The Morgan fingerprint density at radius 3 is 2.37 bits per heavy atom. The van der Waals surface area contributed by atoms with Crippen molar-refractivity contribution < 1.29 is 9.59 Å². The molecule has 176 valence electrons. The number of aromatic amines is 1. The quantitative estimate of drug-likeness (QED) is 0.488. The molecule has 1 N–H and O–H groups in total. The van der Waals surface area contributed by atoms with Gasteiger partial charge in [-0.3, -0.25) is 9.59 Å². The van der Waals surface area contributed by atoms with Crippen LogP contribution in [0.5, 0.6) is 0 Å². The average molecular weight is 465 g/mol. The summed E-state index contributed by atoms with van der Waals surface area (Å²) in [6, 6.07) is 25.9. The minimum Gasteiger partial charge on any atom is -0.368 e. The van der Waals surface area contributed by atoms with E-state index >= 15 is 0 Å². The number of anilines is 1. The smallest absolute Gasteiger partial charge is 0.255 e. The van der Waals surface area contributed by atoms with Crippen molar-refractivity contribution in [1.29, 1.82) is 0 Å². The van der Waals surface area contributed by atoms with Crippen LogP contribution in [-0.4, -0.2) is 59.3 Å². The van der Waals surface area contributed by atoms with Gasteiger partial charge in [0.05, 0.1) is 6.04 Å². The van der Waals surface area contributed by atoms with Gasteiger partial charge in [0.2, 0.25) is 5.91 Å². The third-order valence-electron chi connectivity index (χ3n) is 7.33. The Kier molecular flexibility index (Phi) is 5.29. The first-order chi connectivity index (χ1) is 17.1. The second-order valence-corrected chi connectivity index (χ2v) is 9.34. The van der Waals surface area contributed by atoms with E-state index in [0.29, 0.717) is 18.7 Å². The lowest BCUT2D eigenvalue weighted by Gasteiger charge is -2.37. The van der Waals surface area contributed by atoms with E-state index in [9.17, 15) is 9.59 Å². The monoisotopic (exact) mass is 464 g/mol. The average Bonchev–Trinajstić information content (AvgIpc) is 3.37. The number of para-hydroxylation sites is 2. The summed E-state index contributed by atoms with van der Waals surface area (Å²) in [5.41, 5.74) is 5.96. The number of carbonyl (C=O) groups excluding carboxylic acids is 2. The largest absolute Gasteiger partial charge is 0.368 e. The van der Waals surface area contributed by atoms with Crippen molar-refractivity contribution in [1.82, 2.24) is 14.8 Å². The number of hydrogen-bond donors (Lipinski definition) is 1. The first-order valence-corrected chi connectivity index (χ1v) is 12.2. The van der Waals surface area contributed by atoms with Gasteiger partial charge >= 0.3 is 0 Å². The van der Waals surface area contributed by atoms with Crippen LogP contribution in [-0.2, 0) is 4.79 Å². The van der Waals surface area contributed by atoms with Gasteiger partial charge in [-0.05, 0) is 36.8 Å². The van der Waals surface area contributed by atoms with Crippen LogP contribution in [0.25, 0.3) is 10.9 Å². The lowest BCUT2D eigenvalue weighted by Crippen LogP contribution is -2.51. The van der Waals surface area contributed by atoms with Gasteiger partial charge in [-0.15, -0.1) is 0 Å². The van der Waals surface area contributed by atoms with Gasteiger partial charge in [-0.1, -0.05) is 54.6 Å². The molecule has 0 saturated carbocycles. The summed E-state index contributed by atoms with van der Waals surface area (Å²) in [6.45, 7) is 4.99. The van der Waals surface area contributed by atoms with Crippen molar-refractivity contribution in [3.8, 4) is 0 Å². The third-order valence-corrected chi connectivity index (χ3v) is 7.33. The fourth-order valence-electron chi connectivity index (χ4n) is 5.59. The molecule has 0 bridgehead atoms. The highest BCUT2D eigenvalue weighted by Crippen LogP contribution is 2.42. The summed E-state index contributed by atoms with van der Waals surface area (Å²) < 4.78 is 0. The zero-order chi connectivity index (χ0) is 23.9. The first kappa shape index (κ1) is 21.5. The zero-order valence-corrected chi connectivity index (χ0v) is 19.8. The van der Waals surface area contributed by atoms with Gasteiger partial charge in [-0.25, -0.2) is 0 Å². The molecule has 3 heterocycles. The van der Waals surface area contributed by atoms with Crippen molar-refractivity contribution in [2.45, 2.75) is 13.0 Å². The second-order valence-electron chi connectivity index (χ2n) is 9.34. The molecular formula is C29H28N4O2. The summed E-state index contributed by atoms with van der Waals surface area (Å²) in [4.78, 5) is 36.4. The minimum atomic E-state index is -0.288. The molecule has 1 aromatic heterocycles. The van der Waals surface area contributed by atoms with Crippen LogP contribution in [0, 0.1) is 6.92 Å². The summed E-state index contributed by atoms with van der Waals surface area (Å²) >= 11 is 0.